The van der Waals surface area contributed by atoms with Crippen molar-refractivity contribution < 1.29 is 4.39 Å². The fourth-order valence-corrected chi connectivity index (χ4v) is 2.48. The zero-order valence-corrected chi connectivity index (χ0v) is 12.8. The van der Waals surface area contributed by atoms with Crippen LogP contribution in [-0.2, 0) is 6.42 Å². The Morgan fingerprint density at radius 2 is 2.00 bits per heavy atom. The fourth-order valence-electron chi connectivity index (χ4n) is 1.88. The van der Waals surface area contributed by atoms with Gasteiger partial charge in [0.2, 0.25) is 0 Å². The van der Waals surface area contributed by atoms with Crippen molar-refractivity contribution in [2.45, 2.75) is 19.4 Å². The summed E-state index contributed by atoms with van der Waals surface area (Å²) < 4.78 is 14.1. The molecule has 0 heterocycles. The first kappa shape index (κ1) is 14.5. The lowest BCUT2D eigenvalue weighted by atomic mass is 9.99. The van der Waals surface area contributed by atoms with Gasteiger partial charge in [0.25, 0.3) is 0 Å². The minimum atomic E-state index is -0.405. The molecule has 0 spiro atoms. The number of nitrogens with two attached hydrogens (primary N) is 1. The van der Waals surface area contributed by atoms with Crippen LogP contribution < -0.4 is 5.73 Å². The second kappa shape index (κ2) is 6.04. The largest absolute Gasteiger partial charge is 0.324 e. The van der Waals surface area contributed by atoms with Gasteiger partial charge in [-0.2, -0.15) is 0 Å². The second-order valence-corrected chi connectivity index (χ2v) is 5.83. The molecule has 2 aromatic rings. The number of rotatable bonds is 3. The molecular formula is C15H14BrClFN. The first-order valence-corrected chi connectivity index (χ1v) is 7.10. The molecule has 1 atom stereocenters. The molecule has 1 unspecified atom stereocenters. The molecule has 0 aliphatic heterocycles. The summed E-state index contributed by atoms with van der Waals surface area (Å²) in [4.78, 5) is 0. The first-order valence-electron chi connectivity index (χ1n) is 5.93. The SMILES string of the molecule is Cc1ccc(C(N)Cc2ccc(F)c(Cl)c2)cc1Br. The zero-order chi connectivity index (χ0) is 14.0. The maximum absolute atomic E-state index is 13.1. The maximum Gasteiger partial charge on any atom is 0.141 e. The molecule has 0 saturated heterocycles. The van der Waals surface area contributed by atoms with E-state index in [2.05, 4.69) is 15.9 Å². The number of benzene rings is 2. The Labute approximate surface area is 125 Å². The molecule has 100 valence electrons. The van der Waals surface area contributed by atoms with Crippen LogP contribution in [-0.4, -0.2) is 0 Å². The lowest BCUT2D eigenvalue weighted by Gasteiger charge is -2.13. The highest BCUT2D eigenvalue weighted by Gasteiger charge is 2.10. The quantitative estimate of drug-likeness (QED) is 0.852. The topological polar surface area (TPSA) is 26.0 Å². The van der Waals surface area contributed by atoms with Crippen LogP contribution in [0.5, 0.6) is 0 Å². The molecule has 0 bridgehead atoms. The minimum absolute atomic E-state index is 0.134. The van der Waals surface area contributed by atoms with Crippen LogP contribution in [0.1, 0.15) is 22.7 Å². The van der Waals surface area contributed by atoms with Crippen molar-refractivity contribution >= 4 is 27.5 Å². The summed E-state index contributed by atoms with van der Waals surface area (Å²) in [7, 11) is 0. The van der Waals surface area contributed by atoms with Crippen LogP contribution in [0.25, 0.3) is 0 Å². The smallest absolute Gasteiger partial charge is 0.141 e. The van der Waals surface area contributed by atoms with E-state index in [4.69, 9.17) is 17.3 Å². The molecule has 4 heteroatoms. The van der Waals surface area contributed by atoms with Crippen LogP contribution in [0.3, 0.4) is 0 Å². The summed E-state index contributed by atoms with van der Waals surface area (Å²) in [6, 6.07) is 10.6. The van der Waals surface area contributed by atoms with Gasteiger partial charge in [0, 0.05) is 10.5 Å². The third-order valence-corrected chi connectivity index (χ3v) is 4.21. The van der Waals surface area contributed by atoms with E-state index in [-0.39, 0.29) is 11.1 Å². The molecule has 2 rings (SSSR count). The van der Waals surface area contributed by atoms with E-state index in [0.717, 1.165) is 15.6 Å². The van der Waals surface area contributed by atoms with Gasteiger partial charge in [0.05, 0.1) is 5.02 Å². The summed E-state index contributed by atoms with van der Waals surface area (Å²) in [6.45, 7) is 2.03. The average Bonchev–Trinajstić information content (AvgIpc) is 2.37. The Kier molecular flexibility index (Phi) is 4.61. The second-order valence-electron chi connectivity index (χ2n) is 4.57. The Balaban J connectivity index is 2.17. The molecule has 0 amide bonds. The summed E-state index contributed by atoms with van der Waals surface area (Å²) in [5.41, 5.74) is 9.31. The van der Waals surface area contributed by atoms with E-state index in [1.807, 2.05) is 25.1 Å². The molecule has 0 saturated carbocycles. The summed E-state index contributed by atoms with van der Waals surface area (Å²) in [6.07, 6.45) is 0.621. The number of hydrogen-bond acceptors (Lipinski definition) is 1. The van der Waals surface area contributed by atoms with Crippen LogP contribution >= 0.6 is 27.5 Å². The summed E-state index contributed by atoms with van der Waals surface area (Å²) in [5.74, 6) is -0.405. The van der Waals surface area contributed by atoms with Gasteiger partial charge in [-0.1, -0.05) is 45.7 Å². The van der Waals surface area contributed by atoms with E-state index in [1.54, 1.807) is 12.1 Å². The van der Waals surface area contributed by atoms with Crippen molar-refractivity contribution in [2.24, 2.45) is 5.73 Å². The number of halogens is 3. The Morgan fingerprint density at radius 1 is 1.26 bits per heavy atom. The van der Waals surface area contributed by atoms with E-state index in [9.17, 15) is 4.39 Å². The summed E-state index contributed by atoms with van der Waals surface area (Å²) in [5, 5.41) is 0.134. The van der Waals surface area contributed by atoms with Gasteiger partial charge >= 0.3 is 0 Å². The van der Waals surface area contributed by atoms with Crippen LogP contribution in [0.4, 0.5) is 4.39 Å². The normalized spacial score (nSPS) is 12.5. The Hall–Kier alpha value is -0.900. The summed E-state index contributed by atoms with van der Waals surface area (Å²) >= 11 is 9.26. The van der Waals surface area contributed by atoms with Gasteiger partial charge in [0.15, 0.2) is 0 Å². The predicted molar refractivity (Wildman–Crippen MR) is 80.9 cm³/mol. The van der Waals surface area contributed by atoms with Crippen molar-refractivity contribution in [3.05, 3.63) is 68.4 Å². The van der Waals surface area contributed by atoms with Crippen molar-refractivity contribution in [2.75, 3.05) is 0 Å². The lowest BCUT2D eigenvalue weighted by molar-refractivity contribution is 0.626. The molecule has 0 fully saturated rings. The molecule has 19 heavy (non-hydrogen) atoms. The van der Waals surface area contributed by atoms with Gasteiger partial charge < -0.3 is 5.73 Å². The predicted octanol–water partition coefficient (Wildman–Crippen LogP) is 4.79. The average molecular weight is 343 g/mol. The monoisotopic (exact) mass is 341 g/mol. The van der Waals surface area contributed by atoms with Crippen LogP contribution in [0.2, 0.25) is 5.02 Å². The fraction of sp³-hybridized carbons (Fsp3) is 0.200. The van der Waals surface area contributed by atoms with Crippen molar-refractivity contribution in [3.8, 4) is 0 Å². The third kappa shape index (κ3) is 3.56. The molecule has 2 N–H and O–H groups in total. The molecule has 0 aliphatic rings. The highest BCUT2D eigenvalue weighted by molar-refractivity contribution is 9.10. The minimum Gasteiger partial charge on any atom is -0.324 e. The van der Waals surface area contributed by atoms with E-state index >= 15 is 0 Å². The molecule has 0 aliphatic carbocycles. The Bertz CT molecular complexity index is 601. The van der Waals surface area contributed by atoms with Gasteiger partial charge in [-0.3, -0.25) is 0 Å². The highest BCUT2D eigenvalue weighted by Crippen LogP contribution is 2.24. The van der Waals surface area contributed by atoms with Crippen molar-refractivity contribution in [1.82, 2.24) is 0 Å². The molecular weight excluding hydrogens is 329 g/mol. The first-order chi connectivity index (χ1) is 8.97. The standard InChI is InChI=1S/C15H14BrClFN/c1-9-2-4-11(8-12(9)16)15(19)7-10-3-5-14(18)13(17)6-10/h2-6,8,15H,7,19H2,1H3. The third-order valence-electron chi connectivity index (χ3n) is 3.06. The van der Waals surface area contributed by atoms with Gasteiger partial charge in [-0.25, -0.2) is 4.39 Å². The molecule has 0 radical (unpaired) electrons. The lowest BCUT2D eigenvalue weighted by Crippen LogP contribution is -2.13. The molecule has 1 nitrogen and oxygen atoms in total. The molecule has 2 aromatic carbocycles. The number of aryl methyl sites for hydroxylation is 1. The Morgan fingerprint density at radius 3 is 2.63 bits per heavy atom. The van der Waals surface area contributed by atoms with Crippen LogP contribution in [0.15, 0.2) is 40.9 Å². The van der Waals surface area contributed by atoms with Crippen LogP contribution in [0, 0.1) is 12.7 Å². The van der Waals surface area contributed by atoms with E-state index in [0.29, 0.717) is 6.42 Å². The van der Waals surface area contributed by atoms with Gasteiger partial charge in [0.1, 0.15) is 5.82 Å². The zero-order valence-electron chi connectivity index (χ0n) is 10.5. The maximum atomic E-state index is 13.1. The van der Waals surface area contributed by atoms with E-state index < -0.39 is 5.82 Å². The highest BCUT2D eigenvalue weighted by atomic mass is 79.9. The van der Waals surface area contributed by atoms with Gasteiger partial charge in [-0.05, 0) is 48.2 Å². The van der Waals surface area contributed by atoms with E-state index in [1.165, 1.54) is 11.6 Å². The van der Waals surface area contributed by atoms with Crippen molar-refractivity contribution in [3.63, 3.8) is 0 Å². The number of hydrogen-bond donors (Lipinski definition) is 1. The molecule has 0 aromatic heterocycles. The van der Waals surface area contributed by atoms with Crippen molar-refractivity contribution in [1.29, 1.82) is 0 Å². The van der Waals surface area contributed by atoms with Gasteiger partial charge in [-0.15, -0.1) is 0 Å².